The molecule has 2 aromatic carbocycles. The van der Waals surface area contributed by atoms with Crippen LogP contribution >= 0.6 is 11.8 Å². The van der Waals surface area contributed by atoms with Crippen LogP contribution in [0.2, 0.25) is 0 Å². The molecule has 2 aromatic rings. The molecule has 0 unspecified atom stereocenters. The maximum atomic E-state index is 11.9. The summed E-state index contributed by atoms with van der Waals surface area (Å²) in [5.74, 6) is -0.317. The van der Waals surface area contributed by atoms with Crippen LogP contribution in [-0.2, 0) is 16.1 Å². The summed E-state index contributed by atoms with van der Waals surface area (Å²) in [5.41, 5.74) is 0.929. The minimum absolute atomic E-state index is 0.0340. The molecule has 0 bridgehead atoms. The van der Waals surface area contributed by atoms with Crippen LogP contribution in [0.4, 0.5) is 0 Å². The lowest BCUT2D eigenvalue weighted by atomic mass is 10.0. The lowest BCUT2D eigenvalue weighted by Crippen LogP contribution is -2.25. The monoisotopic (exact) mass is 347 g/mol. The number of carbonyl (C=O) groups is 2. The number of fused-ring (bicyclic) bond motifs is 1. The minimum Gasteiger partial charge on any atom is -0.491 e. The fraction of sp³-hybridized carbons (Fsp3) is 0.333. The molecule has 0 aromatic heterocycles. The van der Waals surface area contributed by atoms with Crippen molar-refractivity contribution in [3.63, 3.8) is 0 Å². The van der Waals surface area contributed by atoms with E-state index in [1.807, 2.05) is 50.2 Å². The Morgan fingerprint density at radius 1 is 1.17 bits per heavy atom. The van der Waals surface area contributed by atoms with Gasteiger partial charge in [0.1, 0.15) is 5.75 Å². The molecule has 24 heavy (non-hydrogen) atoms. The second kappa shape index (κ2) is 8.59. The van der Waals surface area contributed by atoms with Crippen LogP contribution < -0.4 is 10.1 Å². The smallest absolute Gasteiger partial charge is 0.313 e. The molecule has 0 radical (unpaired) electrons. The first-order valence-corrected chi connectivity index (χ1v) is 8.86. The van der Waals surface area contributed by atoms with Crippen LogP contribution in [0.1, 0.15) is 19.4 Å². The predicted octanol–water partition coefficient (Wildman–Crippen LogP) is 3.06. The molecule has 1 amide bonds. The van der Waals surface area contributed by atoms with E-state index in [-0.39, 0.29) is 23.5 Å². The zero-order chi connectivity index (χ0) is 17.5. The Kier molecular flexibility index (Phi) is 6.49. The lowest BCUT2D eigenvalue weighted by molar-refractivity contribution is -0.133. The summed E-state index contributed by atoms with van der Waals surface area (Å²) >= 11 is 1.08. The van der Waals surface area contributed by atoms with Gasteiger partial charge in [0, 0.05) is 12.1 Å². The molecule has 0 heterocycles. The Bertz CT molecular complexity index is 730. The van der Waals surface area contributed by atoms with Crippen molar-refractivity contribution in [3.8, 4) is 5.75 Å². The zero-order valence-corrected chi connectivity index (χ0v) is 14.6. The number of nitrogens with one attached hydrogen (secondary N) is 1. The number of ether oxygens (including phenoxy) is 1. The first-order chi connectivity index (χ1) is 11.5. The van der Waals surface area contributed by atoms with Gasteiger partial charge in [-0.3, -0.25) is 9.59 Å². The highest BCUT2D eigenvalue weighted by Crippen LogP contribution is 2.28. The van der Waals surface area contributed by atoms with Crippen LogP contribution in [-0.4, -0.2) is 34.6 Å². The van der Waals surface area contributed by atoms with Crippen molar-refractivity contribution >= 4 is 34.4 Å². The number of amides is 1. The topological polar surface area (TPSA) is 75.6 Å². The van der Waals surface area contributed by atoms with Gasteiger partial charge in [0.05, 0.1) is 17.6 Å². The molecule has 0 aliphatic heterocycles. The van der Waals surface area contributed by atoms with Crippen molar-refractivity contribution in [1.29, 1.82) is 0 Å². The SMILES string of the molecule is CC(C)Oc1ccc2ccccc2c1CNC(=O)CSCC(=O)O. The average molecular weight is 347 g/mol. The molecule has 2 N–H and O–H groups in total. The number of benzene rings is 2. The van der Waals surface area contributed by atoms with E-state index < -0.39 is 5.97 Å². The van der Waals surface area contributed by atoms with E-state index in [4.69, 9.17) is 9.84 Å². The number of carboxylic acids is 1. The van der Waals surface area contributed by atoms with Crippen LogP contribution in [0.3, 0.4) is 0 Å². The highest BCUT2D eigenvalue weighted by atomic mass is 32.2. The zero-order valence-electron chi connectivity index (χ0n) is 13.7. The molecule has 0 saturated heterocycles. The number of hydrogen-bond acceptors (Lipinski definition) is 4. The van der Waals surface area contributed by atoms with Crippen molar-refractivity contribution in [2.75, 3.05) is 11.5 Å². The lowest BCUT2D eigenvalue weighted by Gasteiger charge is -2.17. The third kappa shape index (κ3) is 5.16. The predicted molar refractivity (Wildman–Crippen MR) is 96.5 cm³/mol. The summed E-state index contributed by atoms with van der Waals surface area (Å²) in [7, 11) is 0. The maximum absolute atomic E-state index is 11.9. The number of thioether (sulfide) groups is 1. The molecule has 0 aliphatic rings. The largest absolute Gasteiger partial charge is 0.491 e. The van der Waals surface area contributed by atoms with E-state index >= 15 is 0 Å². The second-order valence-corrected chi connectivity index (χ2v) is 6.58. The quantitative estimate of drug-likeness (QED) is 0.767. The van der Waals surface area contributed by atoms with Gasteiger partial charge in [-0.1, -0.05) is 30.3 Å². The Morgan fingerprint density at radius 2 is 1.92 bits per heavy atom. The highest BCUT2D eigenvalue weighted by molar-refractivity contribution is 8.00. The molecule has 128 valence electrons. The van der Waals surface area contributed by atoms with E-state index in [1.165, 1.54) is 0 Å². The van der Waals surface area contributed by atoms with Crippen LogP contribution in [0.25, 0.3) is 10.8 Å². The molecule has 0 fully saturated rings. The van der Waals surface area contributed by atoms with E-state index in [1.54, 1.807) is 0 Å². The molecule has 0 saturated carbocycles. The van der Waals surface area contributed by atoms with E-state index in [9.17, 15) is 9.59 Å². The van der Waals surface area contributed by atoms with Crippen molar-refractivity contribution in [1.82, 2.24) is 5.32 Å². The first kappa shape index (κ1) is 18.1. The first-order valence-electron chi connectivity index (χ1n) is 7.71. The van der Waals surface area contributed by atoms with Crippen molar-refractivity contribution in [2.45, 2.75) is 26.5 Å². The van der Waals surface area contributed by atoms with Gasteiger partial charge in [-0.15, -0.1) is 11.8 Å². The van der Waals surface area contributed by atoms with Gasteiger partial charge in [0.2, 0.25) is 5.91 Å². The fourth-order valence-electron chi connectivity index (χ4n) is 2.33. The number of rotatable bonds is 8. The van der Waals surface area contributed by atoms with Crippen molar-refractivity contribution in [2.24, 2.45) is 0 Å². The van der Waals surface area contributed by atoms with Crippen molar-refractivity contribution in [3.05, 3.63) is 42.0 Å². The molecule has 0 spiro atoms. The molecular formula is C18H21NO4S. The summed E-state index contributed by atoms with van der Waals surface area (Å²) in [6, 6.07) is 11.9. The maximum Gasteiger partial charge on any atom is 0.313 e. The minimum atomic E-state index is -0.922. The Balaban J connectivity index is 2.13. The number of carboxylic acid groups (broad SMARTS) is 1. The third-order valence-electron chi connectivity index (χ3n) is 3.28. The Labute approximate surface area is 145 Å². The highest BCUT2D eigenvalue weighted by Gasteiger charge is 2.12. The van der Waals surface area contributed by atoms with Gasteiger partial charge in [-0.05, 0) is 30.7 Å². The van der Waals surface area contributed by atoms with Gasteiger partial charge >= 0.3 is 5.97 Å². The standard InChI is InChI=1S/C18H21NO4S/c1-12(2)23-16-8-7-13-5-3-4-6-14(13)15(16)9-19-17(20)10-24-11-18(21)22/h3-8,12H,9-11H2,1-2H3,(H,19,20)(H,21,22). The van der Waals surface area contributed by atoms with Gasteiger partial charge < -0.3 is 15.2 Å². The van der Waals surface area contributed by atoms with Gasteiger partial charge in [0.15, 0.2) is 0 Å². The summed E-state index contributed by atoms with van der Waals surface area (Å²) in [4.78, 5) is 22.4. The number of carbonyl (C=O) groups excluding carboxylic acids is 1. The summed E-state index contributed by atoms with van der Waals surface area (Å²) in [5, 5.41) is 13.6. The van der Waals surface area contributed by atoms with E-state index in [0.29, 0.717) is 6.54 Å². The van der Waals surface area contributed by atoms with Gasteiger partial charge in [-0.25, -0.2) is 0 Å². The molecule has 5 nitrogen and oxygen atoms in total. The molecule has 2 rings (SSSR count). The Hall–Kier alpha value is -2.21. The van der Waals surface area contributed by atoms with Crippen LogP contribution in [0, 0.1) is 0 Å². The van der Waals surface area contributed by atoms with Gasteiger partial charge in [-0.2, -0.15) is 0 Å². The van der Waals surface area contributed by atoms with Crippen LogP contribution in [0.15, 0.2) is 36.4 Å². The molecule has 0 aliphatic carbocycles. The van der Waals surface area contributed by atoms with E-state index in [0.717, 1.165) is 33.8 Å². The summed E-state index contributed by atoms with van der Waals surface area (Å²) in [6.07, 6.45) is 0.0340. The Morgan fingerprint density at radius 3 is 2.62 bits per heavy atom. The van der Waals surface area contributed by atoms with Gasteiger partial charge in [0.25, 0.3) is 0 Å². The third-order valence-corrected chi connectivity index (χ3v) is 4.20. The van der Waals surface area contributed by atoms with Crippen molar-refractivity contribution < 1.29 is 19.4 Å². The normalized spacial score (nSPS) is 10.8. The average Bonchev–Trinajstić information content (AvgIpc) is 2.52. The summed E-state index contributed by atoms with van der Waals surface area (Å²) in [6.45, 7) is 4.26. The molecular weight excluding hydrogens is 326 g/mol. The fourth-order valence-corrected chi connectivity index (χ4v) is 2.90. The summed E-state index contributed by atoms with van der Waals surface area (Å²) < 4.78 is 5.86. The number of hydrogen-bond donors (Lipinski definition) is 2. The molecule has 0 atom stereocenters. The second-order valence-electron chi connectivity index (χ2n) is 5.59. The number of aliphatic carboxylic acids is 1. The van der Waals surface area contributed by atoms with E-state index in [2.05, 4.69) is 5.32 Å². The molecule has 6 heteroatoms. The van der Waals surface area contributed by atoms with Crippen LogP contribution in [0.5, 0.6) is 5.75 Å².